The van der Waals surface area contributed by atoms with Crippen molar-refractivity contribution in [3.63, 3.8) is 0 Å². The molecule has 0 saturated carbocycles. The van der Waals surface area contributed by atoms with Crippen LogP contribution in [0.25, 0.3) is 0 Å². The maximum atomic E-state index is 13.7. The molecule has 0 radical (unpaired) electrons. The lowest BCUT2D eigenvalue weighted by molar-refractivity contribution is -0.160. The van der Waals surface area contributed by atoms with Crippen molar-refractivity contribution in [2.45, 2.75) is 38.1 Å². The predicted molar refractivity (Wildman–Crippen MR) is 114 cm³/mol. The topological polar surface area (TPSA) is 72.9 Å². The summed E-state index contributed by atoms with van der Waals surface area (Å²) in [6.45, 7) is 5.82. The van der Waals surface area contributed by atoms with Crippen LogP contribution in [-0.4, -0.2) is 107 Å². The van der Waals surface area contributed by atoms with Crippen LogP contribution >= 0.6 is 0 Å². The Kier molecular flexibility index (Phi) is 6.34. The van der Waals surface area contributed by atoms with Crippen LogP contribution in [0.2, 0.25) is 0 Å². The van der Waals surface area contributed by atoms with Crippen LogP contribution < -0.4 is 0 Å². The van der Waals surface area contributed by atoms with Gasteiger partial charge in [-0.15, -0.1) is 0 Å². The van der Waals surface area contributed by atoms with E-state index in [1.54, 1.807) is 18.6 Å². The molecule has 0 N–H and O–H groups in total. The van der Waals surface area contributed by atoms with E-state index in [1.807, 2.05) is 4.90 Å². The normalized spacial score (nSPS) is 28.3. The highest BCUT2D eigenvalue weighted by Crippen LogP contribution is 2.43. The first-order valence-corrected chi connectivity index (χ1v) is 11.2. The van der Waals surface area contributed by atoms with Gasteiger partial charge < -0.3 is 19.6 Å². The summed E-state index contributed by atoms with van der Waals surface area (Å²) in [5, 5.41) is 0. The quantitative estimate of drug-likeness (QED) is 0.714. The first-order valence-electron chi connectivity index (χ1n) is 11.2. The molecule has 0 aromatic carbocycles. The summed E-state index contributed by atoms with van der Waals surface area (Å²) in [4.78, 5) is 43.6. The minimum Gasteiger partial charge on any atom is -0.341 e. The second-order valence-corrected chi connectivity index (χ2v) is 9.14. The monoisotopic (exact) mass is 414 g/mol. The van der Waals surface area contributed by atoms with Crippen molar-refractivity contribution in [2.24, 2.45) is 5.41 Å². The number of amides is 2. The van der Waals surface area contributed by atoms with Crippen molar-refractivity contribution in [1.29, 1.82) is 0 Å². The van der Waals surface area contributed by atoms with E-state index >= 15 is 0 Å². The van der Waals surface area contributed by atoms with Crippen molar-refractivity contribution in [2.75, 3.05) is 59.9 Å². The Hall–Kier alpha value is -2.06. The van der Waals surface area contributed by atoms with Gasteiger partial charge in [0, 0.05) is 70.3 Å². The standard InChI is InChI=1S/C22H34N6O2/c1-25-12-14-27(15-13-25)21(30)22-6-3-10-26(2)19(22)17-28(11-7-22)20(29)5-4-18-16-23-8-9-24-18/h8-9,16,19H,3-7,10-15,17H2,1-2H3/t19-,22+/m0/s1. The number of likely N-dealkylation sites (N-methyl/N-ethyl adjacent to an activating group) is 2. The molecule has 30 heavy (non-hydrogen) atoms. The molecule has 1 aromatic heterocycles. The number of likely N-dealkylation sites (tertiary alicyclic amines) is 2. The van der Waals surface area contributed by atoms with Crippen molar-refractivity contribution in [1.82, 2.24) is 29.6 Å². The highest BCUT2D eigenvalue weighted by atomic mass is 16.2. The van der Waals surface area contributed by atoms with Gasteiger partial charge in [0.05, 0.1) is 11.1 Å². The zero-order chi connectivity index (χ0) is 21.1. The number of fused-ring (bicyclic) bond motifs is 1. The molecule has 3 aliphatic heterocycles. The Bertz CT molecular complexity index is 751. The molecule has 0 bridgehead atoms. The molecule has 8 heteroatoms. The summed E-state index contributed by atoms with van der Waals surface area (Å²) >= 11 is 0. The number of hydrogen-bond acceptors (Lipinski definition) is 6. The van der Waals surface area contributed by atoms with E-state index in [-0.39, 0.29) is 17.4 Å². The molecule has 2 amide bonds. The van der Waals surface area contributed by atoms with Crippen LogP contribution in [0.4, 0.5) is 0 Å². The minimum absolute atomic E-state index is 0.104. The summed E-state index contributed by atoms with van der Waals surface area (Å²) in [6.07, 6.45) is 8.83. The second kappa shape index (κ2) is 8.98. The van der Waals surface area contributed by atoms with Crippen LogP contribution in [0.15, 0.2) is 18.6 Å². The van der Waals surface area contributed by atoms with Gasteiger partial charge in [0.2, 0.25) is 11.8 Å². The molecule has 1 aromatic rings. The lowest BCUT2D eigenvalue weighted by atomic mass is 9.67. The second-order valence-electron chi connectivity index (χ2n) is 9.14. The summed E-state index contributed by atoms with van der Waals surface area (Å²) < 4.78 is 0. The van der Waals surface area contributed by atoms with Crippen molar-refractivity contribution in [3.05, 3.63) is 24.3 Å². The van der Waals surface area contributed by atoms with Crippen molar-refractivity contribution >= 4 is 11.8 Å². The van der Waals surface area contributed by atoms with Gasteiger partial charge in [-0.2, -0.15) is 0 Å². The fourth-order valence-corrected chi connectivity index (χ4v) is 5.39. The Morgan fingerprint density at radius 2 is 1.83 bits per heavy atom. The van der Waals surface area contributed by atoms with Gasteiger partial charge in [-0.05, 0) is 46.3 Å². The number of aryl methyl sites for hydroxylation is 1. The Balaban J connectivity index is 1.43. The number of hydrogen-bond donors (Lipinski definition) is 0. The van der Waals surface area contributed by atoms with Gasteiger partial charge >= 0.3 is 0 Å². The van der Waals surface area contributed by atoms with Crippen molar-refractivity contribution in [3.8, 4) is 0 Å². The number of nitrogens with zero attached hydrogens (tertiary/aromatic N) is 6. The molecule has 0 aliphatic carbocycles. The smallest absolute Gasteiger partial charge is 0.230 e. The molecule has 164 valence electrons. The van der Waals surface area contributed by atoms with Crippen LogP contribution in [0.3, 0.4) is 0 Å². The SMILES string of the molecule is CN1CCN(C(=O)[C@@]23CCCN(C)[C@H]2CN(C(=O)CCc2cnccn2)CC3)CC1. The fourth-order valence-electron chi connectivity index (χ4n) is 5.39. The van der Waals surface area contributed by atoms with Crippen molar-refractivity contribution < 1.29 is 9.59 Å². The van der Waals surface area contributed by atoms with E-state index in [2.05, 4.69) is 38.8 Å². The van der Waals surface area contributed by atoms with Gasteiger partial charge in [0.25, 0.3) is 0 Å². The van der Waals surface area contributed by atoms with E-state index in [4.69, 9.17) is 0 Å². The largest absolute Gasteiger partial charge is 0.341 e. The molecular formula is C22H34N6O2. The molecular weight excluding hydrogens is 380 g/mol. The van der Waals surface area contributed by atoms with Crippen LogP contribution in [0.5, 0.6) is 0 Å². The lowest BCUT2D eigenvalue weighted by Crippen LogP contribution is -2.67. The number of carbonyl (C=O) groups excluding carboxylic acids is 2. The maximum Gasteiger partial charge on any atom is 0.230 e. The lowest BCUT2D eigenvalue weighted by Gasteiger charge is -2.54. The Morgan fingerprint density at radius 3 is 2.57 bits per heavy atom. The summed E-state index contributed by atoms with van der Waals surface area (Å²) in [6, 6.07) is 0.104. The molecule has 0 unspecified atom stereocenters. The average Bonchev–Trinajstić information content (AvgIpc) is 2.78. The van der Waals surface area contributed by atoms with E-state index in [1.165, 1.54) is 0 Å². The highest BCUT2D eigenvalue weighted by molar-refractivity contribution is 5.85. The van der Waals surface area contributed by atoms with Gasteiger partial charge in [0.15, 0.2) is 0 Å². The number of piperazine rings is 1. The van der Waals surface area contributed by atoms with Gasteiger partial charge in [-0.3, -0.25) is 19.6 Å². The summed E-state index contributed by atoms with van der Waals surface area (Å²) in [5.41, 5.74) is 0.502. The molecule has 8 nitrogen and oxygen atoms in total. The zero-order valence-corrected chi connectivity index (χ0v) is 18.3. The number of carbonyl (C=O) groups is 2. The van der Waals surface area contributed by atoms with Crippen LogP contribution in [0, 0.1) is 5.41 Å². The molecule has 3 fully saturated rings. The van der Waals surface area contributed by atoms with Gasteiger partial charge in [0.1, 0.15) is 0 Å². The van der Waals surface area contributed by atoms with Gasteiger partial charge in [-0.1, -0.05) is 0 Å². The average molecular weight is 415 g/mol. The molecule has 0 spiro atoms. The highest BCUT2D eigenvalue weighted by Gasteiger charge is 2.53. The maximum absolute atomic E-state index is 13.7. The minimum atomic E-state index is -0.343. The third-order valence-electron chi connectivity index (χ3n) is 7.31. The third kappa shape index (κ3) is 4.21. The van der Waals surface area contributed by atoms with Crippen LogP contribution in [0.1, 0.15) is 31.4 Å². The first kappa shape index (κ1) is 21.2. The predicted octanol–water partition coefficient (Wildman–Crippen LogP) is 0.496. The van der Waals surface area contributed by atoms with E-state index in [0.29, 0.717) is 31.8 Å². The molecule has 4 rings (SSSR count). The fraction of sp³-hybridized carbons (Fsp3) is 0.727. The Morgan fingerprint density at radius 1 is 1.03 bits per heavy atom. The van der Waals surface area contributed by atoms with Gasteiger partial charge in [-0.25, -0.2) is 0 Å². The number of rotatable bonds is 4. The Labute approximate surface area is 179 Å². The number of piperidine rings is 2. The van der Waals surface area contributed by atoms with Crippen LogP contribution in [-0.2, 0) is 16.0 Å². The molecule has 2 atom stereocenters. The molecule has 3 saturated heterocycles. The number of aromatic nitrogens is 2. The summed E-state index contributed by atoms with van der Waals surface area (Å²) in [7, 11) is 4.23. The third-order valence-corrected chi connectivity index (χ3v) is 7.31. The summed E-state index contributed by atoms with van der Waals surface area (Å²) in [5.74, 6) is 0.471. The molecule has 4 heterocycles. The first-order chi connectivity index (χ1) is 14.5. The molecule has 3 aliphatic rings. The van der Waals surface area contributed by atoms with E-state index < -0.39 is 0 Å². The van der Waals surface area contributed by atoms with E-state index in [0.717, 1.165) is 57.7 Å². The van der Waals surface area contributed by atoms with E-state index in [9.17, 15) is 9.59 Å². The zero-order valence-electron chi connectivity index (χ0n) is 18.3.